The summed E-state index contributed by atoms with van der Waals surface area (Å²) in [6.45, 7) is 6.28. The number of hydrogen-bond acceptors (Lipinski definition) is 5. The largest absolute Gasteiger partial charge is 0.404 e. The lowest BCUT2D eigenvalue weighted by atomic mass is 9.93. The van der Waals surface area contributed by atoms with Gasteiger partial charge in [0.05, 0.1) is 26.4 Å². The number of benzene rings is 4. The molecule has 0 saturated carbocycles. The Balaban J connectivity index is 1.32. The smallest absolute Gasteiger partial charge is 0.217 e. The van der Waals surface area contributed by atoms with E-state index >= 15 is 0 Å². The van der Waals surface area contributed by atoms with Gasteiger partial charge < -0.3 is 23.4 Å². The summed E-state index contributed by atoms with van der Waals surface area (Å²) in [5.74, 6) is 0. The van der Waals surface area contributed by atoms with Crippen LogP contribution in [0.1, 0.15) is 22.3 Å². The summed E-state index contributed by atoms with van der Waals surface area (Å²) in [5, 5.41) is 1.23. The molecule has 2 aliphatic heterocycles. The monoisotopic (exact) mass is 592 g/mol. The third-order valence-electron chi connectivity index (χ3n) is 8.15. The summed E-state index contributed by atoms with van der Waals surface area (Å²) < 4.78 is 33.7. The molecule has 4 aromatic rings. The van der Waals surface area contributed by atoms with E-state index in [0.717, 1.165) is 22.3 Å². The van der Waals surface area contributed by atoms with Gasteiger partial charge in [0, 0.05) is 0 Å². The summed E-state index contributed by atoms with van der Waals surface area (Å²) in [6, 6.07) is 41.2. The number of rotatable bonds is 11. The molecule has 2 saturated heterocycles. The normalized spacial score (nSPS) is 25.4. The zero-order valence-corrected chi connectivity index (χ0v) is 25.9. The number of hydrogen-bond donors (Lipinski definition) is 0. The SMILES string of the molecule is C[Si]1(C)O[C@H]2[C@@H](OCc3ccccc3)[C@H](OCc3ccccc3)[C@@H](COCc3ccccc3)O[C@H]2/C1=C\c1ccccc1. The predicted molar refractivity (Wildman–Crippen MR) is 172 cm³/mol. The maximum atomic E-state index is 6.96. The van der Waals surface area contributed by atoms with Gasteiger partial charge in [0.2, 0.25) is 8.32 Å². The van der Waals surface area contributed by atoms with E-state index < -0.39 is 8.32 Å². The van der Waals surface area contributed by atoms with Crippen LogP contribution in [0, 0.1) is 0 Å². The Kier molecular flexibility index (Phi) is 9.63. The molecule has 0 N–H and O–H groups in total. The van der Waals surface area contributed by atoms with Crippen molar-refractivity contribution in [2.45, 2.75) is 63.4 Å². The molecule has 0 spiro atoms. The molecule has 4 aromatic carbocycles. The molecule has 0 amide bonds. The highest BCUT2D eigenvalue weighted by atomic mass is 28.4. The molecule has 222 valence electrons. The van der Waals surface area contributed by atoms with Crippen molar-refractivity contribution in [3.05, 3.63) is 149 Å². The summed E-state index contributed by atoms with van der Waals surface area (Å²) in [6.07, 6.45) is 0.650. The minimum absolute atomic E-state index is 0.246. The molecule has 6 rings (SSSR count). The molecule has 2 fully saturated rings. The fraction of sp³-hybridized carbons (Fsp3) is 0.297. The van der Waals surface area contributed by atoms with Crippen molar-refractivity contribution in [2.24, 2.45) is 0 Å². The lowest BCUT2D eigenvalue weighted by molar-refractivity contribution is -0.242. The van der Waals surface area contributed by atoms with Crippen molar-refractivity contribution in [1.82, 2.24) is 0 Å². The molecule has 0 radical (unpaired) electrons. The first-order chi connectivity index (χ1) is 21.1. The second-order valence-corrected chi connectivity index (χ2v) is 15.6. The minimum Gasteiger partial charge on any atom is -0.404 e. The molecule has 43 heavy (non-hydrogen) atoms. The first-order valence-electron chi connectivity index (χ1n) is 15.1. The quantitative estimate of drug-likeness (QED) is 0.170. The van der Waals surface area contributed by atoms with Crippen LogP contribution >= 0.6 is 0 Å². The number of fused-ring (bicyclic) bond motifs is 1. The molecular formula is C37H40O5Si. The Bertz CT molecular complexity index is 1450. The average molecular weight is 593 g/mol. The highest BCUT2D eigenvalue weighted by molar-refractivity contribution is 6.80. The maximum absolute atomic E-state index is 6.96. The summed E-state index contributed by atoms with van der Waals surface area (Å²) in [4.78, 5) is 0. The lowest BCUT2D eigenvalue weighted by Gasteiger charge is -2.44. The van der Waals surface area contributed by atoms with Crippen molar-refractivity contribution in [3.63, 3.8) is 0 Å². The molecule has 0 aromatic heterocycles. The van der Waals surface area contributed by atoms with Gasteiger partial charge in [0.1, 0.15) is 30.5 Å². The van der Waals surface area contributed by atoms with E-state index in [9.17, 15) is 0 Å². The van der Waals surface area contributed by atoms with E-state index in [1.165, 1.54) is 5.20 Å². The fourth-order valence-electron chi connectivity index (χ4n) is 5.96. The van der Waals surface area contributed by atoms with Gasteiger partial charge >= 0.3 is 0 Å². The molecule has 0 aliphatic carbocycles. The lowest BCUT2D eigenvalue weighted by Crippen LogP contribution is -2.59. The Labute approximate surface area is 256 Å². The second kappa shape index (κ2) is 13.9. The van der Waals surface area contributed by atoms with Gasteiger partial charge in [-0.2, -0.15) is 0 Å². The zero-order chi connectivity index (χ0) is 29.5. The fourth-order valence-corrected chi connectivity index (χ4v) is 8.46. The van der Waals surface area contributed by atoms with Crippen LogP contribution < -0.4 is 0 Å². The predicted octanol–water partition coefficient (Wildman–Crippen LogP) is 7.37. The van der Waals surface area contributed by atoms with Crippen molar-refractivity contribution in [1.29, 1.82) is 0 Å². The van der Waals surface area contributed by atoms with Crippen molar-refractivity contribution < 1.29 is 23.4 Å². The Morgan fingerprint density at radius 1 is 0.628 bits per heavy atom. The van der Waals surface area contributed by atoms with Crippen LogP contribution in [-0.2, 0) is 43.2 Å². The summed E-state index contributed by atoms with van der Waals surface area (Å²) >= 11 is 0. The van der Waals surface area contributed by atoms with Gasteiger partial charge in [-0.25, -0.2) is 0 Å². The Morgan fingerprint density at radius 3 is 1.67 bits per heavy atom. The molecule has 2 heterocycles. The van der Waals surface area contributed by atoms with Crippen LogP contribution in [0.3, 0.4) is 0 Å². The molecule has 5 atom stereocenters. The third-order valence-corrected chi connectivity index (χ3v) is 10.8. The summed E-state index contributed by atoms with van der Waals surface area (Å²) in [7, 11) is -2.30. The van der Waals surface area contributed by atoms with Gasteiger partial charge in [-0.3, -0.25) is 0 Å². The van der Waals surface area contributed by atoms with E-state index in [0.29, 0.717) is 26.4 Å². The second-order valence-electron chi connectivity index (χ2n) is 11.7. The average Bonchev–Trinajstić information content (AvgIpc) is 3.29. The Morgan fingerprint density at radius 2 is 1.12 bits per heavy atom. The van der Waals surface area contributed by atoms with Crippen molar-refractivity contribution in [2.75, 3.05) is 6.61 Å². The van der Waals surface area contributed by atoms with E-state index in [1.54, 1.807) is 0 Å². The highest BCUT2D eigenvalue weighted by Gasteiger charge is 2.58. The van der Waals surface area contributed by atoms with Crippen LogP contribution in [0.5, 0.6) is 0 Å². The minimum atomic E-state index is -2.30. The van der Waals surface area contributed by atoms with Gasteiger partial charge in [0.15, 0.2) is 0 Å². The van der Waals surface area contributed by atoms with E-state index in [1.807, 2.05) is 60.7 Å². The first-order valence-corrected chi connectivity index (χ1v) is 18.0. The molecule has 2 aliphatic rings. The van der Waals surface area contributed by atoms with Crippen molar-refractivity contribution >= 4 is 14.4 Å². The molecule has 5 nitrogen and oxygen atoms in total. The zero-order valence-electron chi connectivity index (χ0n) is 24.9. The molecule has 0 bridgehead atoms. The van der Waals surface area contributed by atoms with E-state index in [4.69, 9.17) is 23.4 Å². The molecule has 0 unspecified atom stereocenters. The maximum Gasteiger partial charge on any atom is 0.217 e. The Hall–Kier alpha value is -3.36. The first kappa shape index (κ1) is 29.7. The van der Waals surface area contributed by atoms with E-state index in [2.05, 4.69) is 79.8 Å². The highest BCUT2D eigenvalue weighted by Crippen LogP contribution is 2.43. The number of ether oxygens (including phenoxy) is 4. The topological polar surface area (TPSA) is 46.2 Å². The van der Waals surface area contributed by atoms with Gasteiger partial charge in [-0.1, -0.05) is 127 Å². The van der Waals surface area contributed by atoms with Crippen LogP contribution in [0.15, 0.2) is 127 Å². The summed E-state index contributed by atoms with van der Waals surface area (Å²) in [5.41, 5.74) is 4.48. The molecule has 6 heteroatoms. The van der Waals surface area contributed by atoms with E-state index in [-0.39, 0.29) is 30.5 Å². The van der Waals surface area contributed by atoms with Crippen LogP contribution in [0.4, 0.5) is 0 Å². The van der Waals surface area contributed by atoms with Gasteiger partial charge in [0.25, 0.3) is 0 Å². The van der Waals surface area contributed by atoms with Crippen LogP contribution in [-0.4, -0.2) is 45.4 Å². The van der Waals surface area contributed by atoms with Gasteiger partial charge in [-0.05, 0) is 40.5 Å². The third kappa shape index (κ3) is 7.41. The standard InChI is InChI=1S/C37H40O5Si/c1-43(2)33(23-28-15-7-3-8-16-28)35-37(42-43)36(40-26-31-21-13-6-14-22-31)34(39-25-30-19-11-5-12-20-30)32(41-35)27-38-24-29-17-9-4-10-18-29/h3-23,32,34-37H,24-27H2,1-2H3/b33-23+/t32-,34-,35+,36+,37-/m1/s1. The van der Waals surface area contributed by atoms with Crippen LogP contribution in [0.2, 0.25) is 13.1 Å². The van der Waals surface area contributed by atoms with Crippen molar-refractivity contribution in [3.8, 4) is 0 Å². The van der Waals surface area contributed by atoms with Crippen LogP contribution in [0.25, 0.3) is 6.08 Å². The van der Waals surface area contributed by atoms with Gasteiger partial charge in [-0.15, -0.1) is 0 Å². The molecular weight excluding hydrogens is 552 g/mol.